The number of benzene rings is 3. The van der Waals surface area contributed by atoms with Crippen LogP contribution in [0, 0.1) is 0 Å². The molecule has 1 aliphatic carbocycles. The van der Waals surface area contributed by atoms with E-state index in [1.165, 1.54) is 0 Å². The number of hydrogen-bond donors (Lipinski definition) is 0. The van der Waals surface area contributed by atoms with Crippen molar-refractivity contribution in [1.29, 1.82) is 0 Å². The quantitative estimate of drug-likeness (QED) is 0.222. The van der Waals surface area contributed by atoms with Gasteiger partial charge in [0.25, 0.3) is 6.47 Å². The number of halogens is 1. The van der Waals surface area contributed by atoms with Crippen molar-refractivity contribution in [3.63, 3.8) is 0 Å². The fourth-order valence-electron chi connectivity index (χ4n) is 4.56. The van der Waals surface area contributed by atoms with E-state index in [0.717, 1.165) is 70.6 Å². The smallest absolute Gasteiger partial charge is 0.298 e. The summed E-state index contributed by atoms with van der Waals surface area (Å²) in [6.07, 6.45) is 0. The summed E-state index contributed by atoms with van der Waals surface area (Å²) in [6.45, 7) is 12.8. The number of carbonyl (C=O) groups is 1. The van der Waals surface area contributed by atoms with Crippen LogP contribution in [0.5, 0.6) is 5.75 Å². The SMILES string of the molecule is CCN(CC)c1ccc2c(-c3ccccc3OC=O)c3ccc(=[N+](CC)CC)cc-3oc2c1.[Cl-]. The van der Waals surface area contributed by atoms with E-state index in [0.29, 0.717) is 12.2 Å². The zero-order chi connectivity index (χ0) is 23.4. The van der Waals surface area contributed by atoms with E-state index in [4.69, 9.17) is 9.15 Å². The lowest BCUT2D eigenvalue weighted by molar-refractivity contribution is -0.120. The van der Waals surface area contributed by atoms with Crippen molar-refractivity contribution in [2.75, 3.05) is 31.1 Å². The molecule has 0 saturated heterocycles. The summed E-state index contributed by atoms with van der Waals surface area (Å²) in [5, 5.41) is 2.11. The van der Waals surface area contributed by atoms with Gasteiger partial charge in [-0.05, 0) is 52.0 Å². The number of nitrogens with zero attached hydrogens (tertiary/aromatic N) is 2. The topological polar surface area (TPSA) is 45.7 Å². The number of fused-ring (bicyclic) bond motifs is 2. The Hall–Kier alpha value is -3.31. The Labute approximate surface area is 207 Å². The van der Waals surface area contributed by atoms with Crippen molar-refractivity contribution in [1.82, 2.24) is 4.58 Å². The fourth-order valence-corrected chi connectivity index (χ4v) is 4.56. The van der Waals surface area contributed by atoms with Gasteiger partial charge in [0.15, 0.2) is 0 Å². The zero-order valence-corrected chi connectivity index (χ0v) is 20.9. The van der Waals surface area contributed by atoms with Gasteiger partial charge in [0.05, 0.1) is 6.07 Å². The Bertz CT molecular complexity index is 1320. The van der Waals surface area contributed by atoms with Gasteiger partial charge in [0.1, 0.15) is 30.2 Å². The minimum Gasteiger partial charge on any atom is -1.00 e. The summed E-state index contributed by atoms with van der Waals surface area (Å²) < 4.78 is 14.2. The first-order chi connectivity index (χ1) is 16.1. The molecule has 0 unspecified atom stereocenters. The highest BCUT2D eigenvalue weighted by Crippen LogP contribution is 2.43. The second-order valence-electron chi connectivity index (χ2n) is 7.89. The molecule has 0 spiro atoms. The van der Waals surface area contributed by atoms with Gasteiger partial charge in [-0.3, -0.25) is 4.79 Å². The van der Waals surface area contributed by atoms with Gasteiger partial charge in [0.2, 0.25) is 5.36 Å². The van der Waals surface area contributed by atoms with Crippen LogP contribution in [-0.4, -0.2) is 32.7 Å². The molecule has 34 heavy (non-hydrogen) atoms. The van der Waals surface area contributed by atoms with Gasteiger partial charge >= 0.3 is 0 Å². The standard InChI is InChI=1S/C28H31N2O3.ClH/c1-5-29(6-2)20-13-15-23-26(17-20)33-27-18-21(30(7-3)8-4)14-16-24(27)28(23)22-11-9-10-12-25(22)32-19-31;/h9-19H,5-8H2,1-4H3;1H/q+1;/p-1. The van der Waals surface area contributed by atoms with E-state index in [1.807, 2.05) is 24.3 Å². The van der Waals surface area contributed by atoms with Crippen LogP contribution < -0.4 is 32.0 Å². The fraction of sp³-hybridized carbons (Fsp3) is 0.286. The van der Waals surface area contributed by atoms with Crippen molar-refractivity contribution >= 4 is 23.1 Å². The number of carbonyl (C=O) groups excluding carboxylic acids is 1. The summed E-state index contributed by atoms with van der Waals surface area (Å²) >= 11 is 0. The van der Waals surface area contributed by atoms with Gasteiger partial charge in [-0.2, -0.15) is 0 Å². The average molecular weight is 479 g/mol. The maximum Gasteiger partial charge on any atom is 0.298 e. The molecule has 1 aliphatic heterocycles. The van der Waals surface area contributed by atoms with Crippen molar-refractivity contribution in [3.8, 4) is 28.2 Å². The second-order valence-corrected chi connectivity index (χ2v) is 7.89. The van der Waals surface area contributed by atoms with E-state index in [-0.39, 0.29) is 12.4 Å². The van der Waals surface area contributed by atoms with Gasteiger partial charge in [-0.1, -0.05) is 18.2 Å². The lowest BCUT2D eigenvalue weighted by Gasteiger charge is -2.22. The minimum absolute atomic E-state index is 0. The normalized spacial score (nSPS) is 10.7. The molecule has 0 bridgehead atoms. The Morgan fingerprint density at radius 2 is 1.65 bits per heavy atom. The lowest BCUT2D eigenvalue weighted by Crippen LogP contribution is -3.00. The number of rotatable bonds is 8. The number of anilines is 1. The first kappa shape index (κ1) is 25.3. The number of para-hydroxylation sites is 1. The van der Waals surface area contributed by atoms with Crippen molar-refractivity contribution in [2.45, 2.75) is 27.7 Å². The Morgan fingerprint density at radius 3 is 2.32 bits per heavy atom. The highest BCUT2D eigenvalue weighted by molar-refractivity contribution is 6.04. The summed E-state index contributed by atoms with van der Waals surface area (Å²) in [6, 6.07) is 20.3. The molecule has 2 aliphatic rings. The van der Waals surface area contributed by atoms with E-state index in [9.17, 15) is 4.79 Å². The molecule has 178 valence electrons. The maximum atomic E-state index is 11.2. The molecule has 0 radical (unpaired) electrons. The van der Waals surface area contributed by atoms with Crippen LogP contribution in [0.4, 0.5) is 5.69 Å². The predicted molar refractivity (Wildman–Crippen MR) is 135 cm³/mol. The predicted octanol–water partition coefficient (Wildman–Crippen LogP) is 2.40. The molecule has 6 heteroatoms. The van der Waals surface area contributed by atoms with Crippen LogP contribution in [-0.2, 0) is 4.79 Å². The third kappa shape index (κ3) is 4.66. The van der Waals surface area contributed by atoms with Gasteiger partial charge in [-0.15, -0.1) is 0 Å². The number of hydrogen-bond acceptors (Lipinski definition) is 4. The maximum absolute atomic E-state index is 11.2. The molecule has 0 fully saturated rings. The Morgan fingerprint density at radius 1 is 0.912 bits per heavy atom. The Balaban J connectivity index is 0.00000324. The van der Waals surface area contributed by atoms with E-state index < -0.39 is 0 Å². The molecule has 0 saturated carbocycles. The summed E-state index contributed by atoms with van der Waals surface area (Å²) in [5.74, 6) is 1.33. The molecule has 0 aromatic heterocycles. The molecule has 0 N–H and O–H groups in total. The lowest BCUT2D eigenvalue weighted by atomic mass is 9.93. The van der Waals surface area contributed by atoms with Crippen LogP contribution >= 0.6 is 0 Å². The highest BCUT2D eigenvalue weighted by atomic mass is 35.5. The molecule has 2 aromatic carbocycles. The highest BCUT2D eigenvalue weighted by Gasteiger charge is 2.21. The summed E-state index contributed by atoms with van der Waals surface area (Å²) in [4.78, 5) is 13.5. The molecule has 4 rings (SSSR count). The molecule has 2 aromatic rings. The molecule has 0 amide bonds. The van der Waals surface area contributed by atoms with Gasteiger partial charge < -0.3 is 26.5 Å². The molecular formula is C28H31ClN2O3. The van der Waals surface area contributed by atoms with Crippen molar-refractivity contribution < 1.29 is 26.4 Å². The largest absolute Gasteiger partial charge is 1.00 e. The van der Waals surface area contributed by atoms with Crippen molar-refractivity contribution in [3.05, 3.63) is 66.0 Å². The van der Waals surface area contributed by atoms with Gasteiger partial charge in [-0.25, -0.2) is 4.58 Å². The third-order valence-electron chi connectivity index (χ3n) is 6.28. The monoisotopic (exact) mass is 478 g/mol. The van der Waals surface area contributed by atoms with Gasteiger partial charge in [0, 0.05) is 53.0 Å². The van der Waals surface area contributed by atoms with E-state index in [2.05, 4.69) is 73.6 Å². The minimum atomic E-state index is 0. The second kappa shape index (κ2) is 11.2. The first-order valence-electron chi connectivity index (χ1n) is 11.7. The van der Waals surface area contributed by atoms with E-state index in [1.54, 1.807) is 0 Å². The third-order valence-corrected chi connectivity index (χ3v) is 6.28. The molecular weight excluding hydrogens is 448 g/mol. The summed E-state index contributed by atoms with van der Waals surface area (Å²) in [5.41, 5.74) is 4.77. The Kier molecular flexibility index (Phi) is 8.35. The zero-order valence-electron chi connectivity index (χ0n) is 20.2. The first-order valence-corrected chi connectivity index (χ1v) is 11.7. The van der Waals surface area contributed by atoms with E-state index >= 15 is 0 Å². The van der Waals surface area contributed by atoms with Crippen LogP contribution in [0.15, 0.2) is 65.1 Å². The van der Waals surface area contributed by atoms with Crippen LogP contribution in [0.2, 0.25) is 0 Å². The van der Waals surface area contributed by atoms with Crippen molar-refractivity contribution in [2.24, 2.45) is 0 Å². The number of ether oxygens (including phenoxy) is 1. The molecule has 5 nitrogen and oxygen atoms in total. The summed E-state index contributed by atoms with van der Waals surface area (Å²) in [7, 11) is 0. The van der Waals surface area contributed by atoms with Crippen LogP contribution in [0.1, 0.15) is 27.7 Å². The molecule has 1 heterocycles. The van der Waals surface area contributed by atoms with Crippen LogP contribution in [0.3, 0.4) is 0 Å². The average Bonchev–Trinajstić information content (AvgIpc) is 2.84. The van der Waals surface area contributed by atoms with Crippen LogP contribution in [0.25, 0.3) is 33.4 Å². The molecule has 0 atom stereocenters.